The van der Waals surface area contributed by atoms with Gasteiger partial charge in [-0.05, 0) is 47.8 Å². The first-order valence-corrected chi connectivity index (χ1v) is 8.22. The molecule has 1 heterocycles. The van der Waals surface area contributed by atoms with E-state index in [9.17, 15) is 0 Å². The van der Waals surface area contributed by atoms with Crippen LogP contribution in [0.3, 0.4) is 0 Å². The van der Waals surface area contributed by atoms with Crippen LogP contribution in [0.25, 0.3) is 0 Å². The Morgan fingerprint density at radius 3 is 2.50 bits per heavy atom. The van der Waals surface area contributed by atoms with E-state index in [1.54, 1.807) is 11.3 Å². The van der Waals surface area contributed by atoms with Crippen molar-refractivity contribution in [3.63, 3.8) is 0 Å². The van der Waals surface area contributed by atoms with Crippen LogP contribution in [0.15, 0.2) is 47.2 Å². The average molecular weight is 288 g/mol. The molecule has 2 atom stereocenters. The monoisotopic (exact) mass is 288 g/mol. The topological polar surface area (TPSA) is 29.3 Å². The Bertz CT molecular complexity index is 479. The highest BCUT2D eigenvalue weighted by molar-refractivity contribution is 7.07. The van der Waals surface area contributed by atoms with Crippen molar-refractivity contribution < 1.29 is 0 Å². The summed E-state index contributed by atoms with van der Waals surface area (Å²) in [6, 6.07) is 13.3. The Kier molecular flexibility index (Phi) is 5.77. The van der Waals surface area contributed by atoms with Crippen LogP contribution in [-0.4, -0.2) is 17.5 Å². The van der Waals surface area contributed by atoms with Gasteiger partial charge in [0, 0.05) is 12.6 Å². The summed E-state index contributed by atoms with van der Waals surface area (Å²) in [5, 5.41) is 4.36. The van der Waals surface area contributed by atoms with Gasteiger partial charge in [-0.3, -0.25) is 4.90 Å². The van der Waals surface area contributed by atoms with E-state index < -0.39 is 0 Å². The van der Waals surface area contributed by atoms with E-state index in [1.807, 2.05) is 0 Å². The second-order valence-corrected chi connectivity index (χ2v) is 6.10. The molecule has 0 radical (unpaired) electrons. The SMILES string of the molecule is CCCN(Cc1ccccc1)C(c1ccsc1)C(C)N. The number of nitrogens with two attached hydrogens (primary N) is 1. The van der Waals surface area contributed by atoms with Crippen LogP contribution in [0.2, 0.25) is 0 Å². The van der Waals surface area contributed by atoms with Crippen molar-refractivity contribution in [2.24, 2.45) is 5.73 Å². The van der Waals surface area contributed by atoms with Crippen LogP contribution in [0, 0.1) is 0 Å². The molecule has 1 aromatic heterocycles. The van der Waals surface area contributed by atoms with Gasteiger partial charge in [0.05, 0.1) is 6.04 Å². The highest BCUT2D eigenvalue weighted by Gasteiger charge is 2.23. The predicted octanol–water partition coefficient (Wildman–Crippen LogP) is 4.05. The molecule has 0 amide bonds. The van der Waals surface area contributed by atoms with Gasteiger partial charge in [-0.15, -0.1) is 0 Å². The zero-order valence-electron chi connectivity index (χ0n) is 12.3. The molecule has 0 saturated carbocycles. The van der Waals surface area contributed by atoms with Crippen LogP contribution in [0.4, 0.5) is 0 Å². The quantitative estimate of drug-likeness (QED) is 0.833. The van der Waals surface area contributed by atoms with E-state index in [0.29, 0.717) is 6.04 Å². The summed E-state index contributed by atoms with van der Waals surface area (Å²) in [6.45, 7) is 6.35. The van der Waals surface area contributed by atoms with Gasteiger partial charge in [-0.1, -0.05) is 37.3 Å². The summed E-state index contributed by atoms with van der Waals surface area (Å²) in [6.07, 6.45) is 1.14. The molecule has 108 valence electrons. The lowest BCUT2D eigenvalue weighted by Gasteiger charge is -2.34. The molecule has 20 heavy (non-hydrogen) atoms. The fourth-order valence-electron chi connectivity index (χ4n) is 2.71. The van der Waals surface area contributed by atoms with Crippen molar-refractivity contribution >= 4 is 11.3 Å². The zero-order valence-corrected chi connectivity index (χ0v) is 13.1. The molecule has 2 aromatic rings. The Morgan fingerprint density at radius 1 is 1.20 bits per heavy atom. The average Bonchev–Trinajstić information content (AvgIpc) is 2.93. The molecule has 1 aromatic carbocycles. The molecule has 0 saturated heterocycles. The maximum atomic E-state index is 6.28. The van der Waals surface area contributed by atoms with Gasteiger partial charge in [0.25, 0.3) is 0 Å². The van der Waals surface area contributed by atoms with Crippen LogP contribution < -0.4 is 5.73 Å². The number of nitrogens with zero attached hydrogens (tertiary/aromatic N) is 1. The van der Waals surface area contributed by atoms with E-state index in [-0.39, 0.29) is 6.04 Å². The van der Waals surface area contributed by atoms with Crippen molar-refractivity contribution in [3.8, 4) is 0 Å². The number of hydrogen-bond donors (Lipinski definition) is 1. The summed E-state index contributed by atoms with van der Waals surface area (Å²) in [7, 11) is 0. The lowest BCUT2D eigenvalue weighted by molar-refractivity contribution is 0.168. The van der Waals surface area contributed by atoms with E-state index in [4.69, 9.17) is 5.73 Å². The van der Waals surface area contributed by atoms with Gasteiger partial charge in [0.2, 0.25) is 0 Å². The summed E-state index contributed by atoms with van der Waals surface area (Å²) >= 11 is 1.74. The maximum Gasteiger partial charge on any atom is 0.0508 e. The second-order valence-electron chi connectivity index (χ2n) is 5.32. The molecule has 2 nitrogen and oxygen atoms in total. The van der Waals surface area contributed by atoms with Gasteiger partial charge in [0.15, 0.2) is 0 Å². The fraction of sp³-hybridized carbons (Fsp3) is 0.412. The number of thiophene rings is 1. The smallest absolute Gasteiger partial charge is 0.0508 e. The normalized spacial score (nSPS) is 14.4. The molecule has 0 aliphatic carbocycles. The molecule has 2 unspecified atom stereocenters. The van der Waals surface area contributed by atoms with Crippen molar-refractivity contribution in [1.82, 2.24) is 4.90 Å². The third-order valence-electron chi connectivity index (χ3n) is 3.52. The van der Waals surface area contributed by atoms with Crippen molar-refractivity contribution in [2.45, 2.75) is 38.9 Å². The second kappa shape index (κ2) is 7.58. The van der Waals surface area contributed by atoms with E-state index in [0.717, 1.165) is 19.5 Å². The summed E-state index contributed by atoms with van der Waals surface area (Å²) in [4.78, 5) is 2.50. The van der Waals surface area contributed by atoms with Gasteiger partial charge in [0.1, 0.15) is 0 Å². The first kappa shape index (κ1) is 15.2. The first-order chi connectivity index (χ1) is 9.72. The molecular formula is C17H24N2S. The molecule has 2 N–H and O–H groups in total. The molecule has 0 aliphatic rings. The van der Waals surface area contributed by atoms with Crippen molar-refractivity contribution in [3.05, 3.63) is 58.3 Å². The molecule has 2 rings (SSSR count). The van der Waals surface area contributed by atoms with Gasteiger partial charge < -0.3 is 5.73 Å². The minimum Gasteiger partial charge on any atom is -0.326 e. The zero-order chi connectivity index (χ0) is 14.4. The van der Waals surface area contributed by atoms with Crippen LogP contribution in [0.1, 0.15) is 37.4 Å². The van der Waals surface area contributed by atoms with Crippen LogP contribution in [0.5, 0.6) is 0 Å². The van der Waals surface area contributed by atoms with Gasteiger partial charge in [-0.25, -0.2) is 0 Å². The molecule has 0 fully saturated rings. The number of benzene rings is 1. The third-order valence-corrected chi connectivity index (χ3v) is 4.22. The van der Waals surface area contributed by atoms with Crippen LogP contribution in [-0.2, 0) is 6.54 Å². The highest BCUT2D eigenvalue weighted by atomic mass is 32.1. The van der Waals surface area contributed by atoms with Crippen LogP contribution >= 0.6 is 11.3 Å². The van der Waals surface area contributed by atoms with Gasteiger partial charge in [-0.2, -0.15) is 11.3 Å². The summed E-state index contributed by atoms with van der Waals surface area (Å²) in [5.41, 5.74) is 8.97. The minimum absolute atomic E-state index is 0.125. The molecule has 0 spiro atoms. The highest BCUT2D eigenvalue weighted by Crippen LogP contribution is 2.27. The Balaban J connectivity index is 2.21. The first-order valence-electron chi connectivity index (χ1n) is 7.28. The summed E-state index contributed by atoms with van der Waals surface area (Å²) < 4.78 is 0. The maximum absolute atomic E-state index is 6.28. The Hall–Kier alpha value is -1.16. The van der Waals surface area contributed by atoms with Gasteiger partial charge >= 0.3 is 0 Å². The minimum atomic E-state index is 0.125. The van der Waals surface area contributed by atoms with Crippen molar-refractivity contribution in [2.75, 3.05) is 6.54 Å². The van der Waals surface area contributed by atoms with E-state index >= 15 is 0 Å². The Labute approximate surface area is 126 Å². The predicted molar refractivity (Wildman–Crippen MR) is 87.9 cm³/mol. The number of hydrogen-bond acceptors (Lipinski definition) is 3. The number of rotatable bonds is 7. The molecule has 3 heteroatoms. The van der Waals surface area contributed by atoms with E-state index in [2.05, 4.69) is 65.9 Å². The molecule has 0 aliphatic heterocycles. The summed E-state index contributed by atoms with van der Waals surface area (Å²) in [5.74, 6) is 0. The Morgan fingerprint density at radius 2 is 1.95 bits per heavy atom. The molecular weight excluding hydrogens is 264 g/mol. The lowest BCUT2D eigenvalue weighted by atomic mass is 10.0. The fourth-order valence-corrected chi connectivity index (χ4v) is 3.40. The van der Waals surface area contributed by atoms with Crippen molar-refractivity contribution in [1.29, 1.82) is 0 Å². The standard InChI is InChI=1S/C17H24N2S/c1-3-10-19(12-15-7-5-4-6-8-15)17(14(2)18)16-9-11-20-13-16/h4-9,11,13-14,17H,3,10,12,18H2,1-2H3. The lowest BCUT2D eigenvalue weighted by Crippen LogP contribution is -2.39. The van der Waals surface area contributed by atoms with E-state index in [1.165, 1.54) is 11.1 Å². The third kappa shape index (κ3) is 3.92. The largest absolute Gasteiger partial charge is 0.326 e. The molecule has 0 bridgehead atoms.